The fourth-order valence-corrected chi connectivity index (χ4v) is 3.24. The summed E-state index contributed by atoms with van der Waals surface area (Å²) in [6.45, 7) is 4.19. The number of hydrogen-bond donors (Lipinski definition) is 0. The summed E-state index contributed by atoms with van der Waals surface area (Å²) in [6, 6.07) is 11.0. The van der Waals surface area contributed by atoms with E-state index in [4.69, 9.17) is 9.15 Å². The van der Waals surface area contributed by atoms with Crippen LogP contribution >= 0.6 is 27.7 Å². The van der Waals surface area contributed by atoms with Gasteiger partial charge in [0.15, 0.2) is 6.61 Å². The van der Waals surface area contributed by atoms with Crippen LogP contribution in [0.25, 0.3) is 0 Å². The van der Waals surface area contributed by atoms with Crippen molar-refractivity contribution in [3.05, 3.63) is 69.3 Å². The molecule has 2 aromatic carbocycles. The Kier molecular flexibility index (Phi) is 5.75. The van der Waals surface area contributed by atoms with Crippen molar-refractivity contribution in [2.45, 2.75) is 31.4 Å². The number of rotatable bonds is 6. The van der Waals surface area contributed by atoms with Crippen molar-refractivity contribution in [2.75, 3.05) is 0 Å². The van der Waals surface area contributed by atoms with Crippen LogP contribution in [0.3, 0.4) is 0 Å². The Morgan fingerprint density at radius 2 is 2.00 bits per heavy atom. The molecular formula is C18H16BrFN2O2S. The molecule has 0 saturated heterocycles. The van der Waals surface area contributed by atoms with E-state index < -0.39 is 0 Å². The summed E-state index contributed by atoms with van der Waals surface area (Å²) >= 11 is 4.53. The summed E-state index contributed by atoms with van der Waals surface area (Å²) in [7, 11) is 0. The highest BCUT2D eigenvalue weighted by Gasteiger charge is 2.10. The lowest BCUT2D eigenvalue weighted by Gasteiger charge is -2.07. The summed E-state index contributed by atoms with van der Waals surface area (Å²) in [6.07, 6.45) is 0. The van der Waals surface area contributed by atoms with E-state index in [-0.39, 0.29) is 12.4 Å². The average molecular weight is 423 g/mol. The Hall–Kier alpha value is -1.86. The molecule has 7 heteroatoms. The molecule has 1 heterocycles. The van der Waals surface area contributed by atoms with Gasteiger partial charge in [-0.15, -0.1) is 10.2 Å². The van der Waals surface area contributed by atoms with E-state index in [0.717, 1.165) is 16.9 Å². The molecule has 0 saturated carbocycles. The Morgan fingerprint density at radius 3 is 2.80 bits per heavy atom. The Bertz CT molecular complexity index is 885. The molecule has 0 radical (unpaired) electrons. The van der Waals surface area contributed by atoms with Gasteiger partial charge >= 0.3 is 0 Å². The predicted molar refractivity (Wildman–Crippen MR) is 98.2 cm³/mol. The Balaban J connectivity index is 1.58. The zero-order valence-corrected chi connectivity index (χ0v) is 16.2. The number of hydrogen-bond acceptors (Lipinski definition) is 5. The number of ether oxygens (including phenoxy) is 1. The molecule has 0 atom stereocenters. The molecule has 1 aromatic heterocycles. The fourth-order valence-electron chi connectivity index (χ4n) is 2.14. The van der Waals surface area contributed by atoms with Crippen LogP contribution in [0.4, 0.5) is 4.39 Å². The summed E-state index contributed by atoms with van der Waals surface area (Å²) in [5.41, 5.74) is 2.75. The second kappa shape index (κ2) is 8.01. The van der Waals surface area contributed by atoms with Gasteiger partial charge in [0.25, 0.3) is 11.1 Å². The first-order valence-electron chi connectivity index (χ1n) is 7.60. The van der Waals surface area contributed by atoms with Gasteiger partial charge in [-0.25, -0.2) is 4.39 Å². The van der Waals surface area contributed by atoms with Gasteiger partial charge in [-0.05, 0) is 48.7 Å². The van der Waals surface area contributed by atoms with Crippen LogP contribution in [0.5, 0.6) is 5.75 Å². The van der Waals surface area contributed by atoms with Gasteiger partial charge in [0, 0.05) is 10.2 Å². The molecule has 0 N–H and O–H groups in total. The smallest absolute Gasteiger partial charge is 0.277 e. The zero-order chi connectivity index (χ0) is 17.8. The Labute approximate surface area is 157 Å². The van der Waals surface area contributed by atoms with Crippen LogP contribution in [0.2, 0.25) is 0 Å². The van der Waals surface area contributed by atoms with Crippen molar-refractivity contribution in [3.8, 4) is 5.75 Å². The highest BCUT2D eigenvalue weighted by molar-refractivity contribution is 9.10. The maximum atomic E-state index is 13.8. The lowest BCUT2D eigenvalue weighted by atomic mass is 10.1. The SMILES string of the molecule is Cc1ccc(C)c(OCc2nnc(SCc3ccc(Br)cc3F)o2)c1. The van der Waals surface area contributed by atoms with Gasteiger partial charge < -0.3 is 9.15 Å². The normalized spacial score (nSPS) is 10.9. The molecule has 3 rings (SSSR count). The topological polar surface area (TPSA) is 48.2 Å². The first-order valence-corrected chi connectivity index (χ1v) is 9.38. The van der Waals surface area contributed by atoms with Crippen LogP contribution < -0.4 is 4.74 Å². The molecule has 0 aliphatic heterocycles. The highest BCUT2D eigenvalue weighted by atomic mass is 79.9. The number of aromatic nitrogens is 2. The highest BCUT2D eigenvalue weighted by Crippen LogP contribution is 2.25. The summed E-state index contributed by atoms with van der Waals surface area (Å²) < 4.78 is 25.8. The third kappa shape index (κ3) is 4.83. The number of benzene rings is 2. The van der Waals surface area contributed by atoms with Crippen LogP contribution in [-0.2, 0) is 12.4 Å². The Morgan fingerprint density at radius 1 is 1.16 bits per heavy atom. The molecule has 0 amide bonds. The van der Waals surface area contributed by atoms with Gasteiger partial charge in [-0.2, -0.15) is 0 Å². The van der Waals surface area contributed by atoms with Gasteiger partial charge in [0.05, 0.1) is 0 Å². The zero-order valence-electron chi connectivity index (χ0n) is 13.8. The number of thioether (sulfide) groups is 1. The van der Waals surface area contributed by atoms with Crippen molar-refractivity contribution < 1.29 is 13.5 Å². The molecule has 0 spiro atoms. The fraction of sp³-hybridized carbons (Fsp3) is 0.222. The van der Waals surface area contributed by atoms with Crippen LogP contribution in [0.1, 0.15) is 22.6 Å². The van der Waals surface area contributed by atoms with E-state index in [9.17, 15) is 4.39 Å². The van der Waals surface area contributed by atoms with E-state index >= 15 is 0 Å². The molecule has 4 nitrogen and oxygen atoms in total. The van der Waals surface area contributed by atoms with E-state index in [1.165, 1.54) is 17.8 Å². The third-order valence-electron chi connectivity index (χ3n) is 3.51. The van der Waals surface area contributed by atoms with Crippen molar-refractivity contribution in [1.82, 2.24) is 10.2 Å². The summed E-state index contributed by atoms with van der Waals surface area (Å²) in [4.78, 5) is 0. The van der Waals surface area contributed by atoms with E-state index in [2.05, 4.69) is 26.1 Å². The van der Waals surface area contributed by atoms with Gasteiger partial charge in [-0.1, -0.05) is 45.9 Å². The predicted octanol–water partition coefficient (Wildman–Crippen LogP) is 5.46. The number of aryl methyl sites for hydroxylation is 2. The lowest BCUT2D eigenvalue weighted by Crippen LogP contribution is -1.97. The molecule has 0 aliphatic rings. The largest absolute Gasteiger partial charge is 0.484 e. The minimum atomic E-state index is -0.264. The molecule has 25 heavy (non-hydrogen) atoms. The average Bonchev–Trinajstić information content (AvgIpc) is 3.03. The molecule has 130 valence electrons. The van der Waals surface area contributed by atoms with E-state index in [0.29, 0.717) is 26.9 Å². The van der Waals surface area contributed by atoms with E-state index in [1.807, 2.05) is 32.0 Å². The van der Waals surface area contributed by atoms with Crippen LogP contribution in [-0.4, -0.2) is 10.2 Å². The quantitative estimate of drug-likeness (QED) is 0.493. The molecule has 0 aliphatic carbocycles. The second-order valence-corrected chi connectivity index (χ2v) is 7.39. The molecule has 0 unspecified atom stereocenters. The maximum absolute atomic E-state index is 13.8. The second-order valence-electron chi connectivity index (χ2n) is 5.54. The number of halogens is 2. The number of nitrogens with zero attached hydrogens (tertiary/aromatic N) is 2. The summed E-state index contributed by atoms with van der Waals surface area (Å²) in [5, 5.41) is 8.32. The van der Waals surface area contributed by atoms with E-state index in [1.54, 1.807) is 12.1 Å². The lowest BCUT2D eigenvalue weighted by molar-refractivity contribution is 0.250. The monoisotopic (exact) mass is 422 g/mol. The summed E-state index contributed by atoms with van der Waals surface area (Å²) in [5.74, 6) is 1.34. The molecule has 3 aromatic rings. The van der Waals surface area contributed by atoms with Crippen molar-refractivity contribution in [3.63, 3.8) is 0 Å². The first-order chi connectivity index (χ1) is 12.0. The first kappa shape index (κ1) is 17.9. The van der Waals surface area contributed by atoms with Crippen molar-refractivity contribution in [2.24, 2.45) is 0 Å². The maximum Gasteiger partial charge on any atom is 0.277 e. The van der Waals surface area contributed by atoms with Crippen molar-refractivity contribution >= 4 is 27.7 Å². The molecule has 0 fully saturated rings. The minimum Gasteiger partial charge on any atom is -0.484 e. The minimum absolute atomic E-state index is 0.199. The van der Waals surface area contributed by atoms with Crippen molar-refractivity contribution in [1.29, 1.82) is 0 Å². The molecule has 0 bridgehead atoms. The van der Waals surface area contributed by atoms with Gasteiger partial charge in [0.1, 0.15) is 11.6 Å². The van der Waals surface area contributed by atoms with Crippen LogP contribution in [0.15, 0.2) is 50.5 Å². The van der Waals surface area contributed by atoms with Crippen LogP contribution in [0, 0.1) is 19.7 Å². The third-order valence-corrected chi connectivity index (χ3v) is 4.87. The van der Waals surface area contributed by atoms with Gasteiger partial charge in [-0.3, -0.25) is 0 Å². The standard InChI is InChI=1S/C18H16BrFN2O2S/c1-11-3-4-12(2)16(7-11)23-9-17-21-22-18(24-17)25-10-13-5-6-14(19)8-15(13)20/h3-8H,9-10H2,1-2H3. The van der Waals surface area contributed by atoms with Gasteiger partial charge in [0.2, 0.25) is 0 Å². The molecular weight excluding hydrogens is 407 g/mol.